The Balaban J connectivity index is 2.30. The molecule has 2 heterocycles. The maximum Gasteiger partial charge on any atom is 0.228 e. The lowest BCUT2D eigenvalue weighted by atomic mass is 10.1. The van der Waals surface area contributed by atoms with E-state index in [1.807, 2.05) is 0 Å². The molecule has 2 rings (SSSR count). The highest BCUT2D eigenvalue weighted by Gasteiger charge is 2.30. The van der Waals surface area contributed by atoms with E-state index >= 15 is 0 Å². The minimum Gasteiger partial charge on any atom is -0.310 e. The van der Waals surface area contributed by atoms with Crippen molar-refractivity contribution in [1.29, 1.82) is 0 Å². The highest BCUT2D eigenvalue weighted by molar-refractivity contribution is 6.33. The SMILES string of the molecule is C#CC1CC(=O)N(c2ccncc2Cl)C1. The molecule has 0 saturated carbocycles. The predicted molar refractivity (Wildman–Crippen MR) is 58.5 cm³/mol. The molecule has 1 atom stereocenters. The van der Waals surface area contributed by atoms with Crippen LogP contribution in [0.4, 0.5) is 5.69 Å². The Kier molecular flexibility index (Phi) is 2.61. The molecule has 15 heavy (non-hydrogen) atoms. The van der Waals surface area contributed by atoms with Crippen molar-refractivity contribution >= 4 is 23.2 Å². The number of hydrogen-bond acceptors (Lipinski definition) is 2. The first-order chi connectivity index (χ1) is 7.22. The van der Waals surface area contributed by atoms with Crippen LogP contribution in [0.1, 0.15) is 6.42 Å². The van der Waals surface area contributed by atoms with Crippen molar-refractivity contribution in [2.75, 3.05) is 11.4 Å². The number of anilines is 1. The van der Waals surface area contributed by atoms with Crippen LogP contribution in [0.3, 0.4) is 0 Å². The van der Waals surface area contributed by atoms with Gasteiger partial charge in [-0.25, -0.2) is 0 Å². The van der Waals surface area contributed by atoms with Gasteiger partial charge in [-0.3, -0.25) is 9.78 Å². The maximum absolute atomic E-state index is 11.6. The summed E-state index contributed by atoms with van der Waals surface area (Å²) in [6.45, 7) is 0.541. The van der Waals surface area contributed by atoms with E-state index in [0.29, 0.717) is 23.7 Å². The van der Waals surface area contributed by atoms with Crippen LogP contribution in [0.25, 0.3) is 0 Å². The van der Waals surface area contributed by atoms with Crippen LogP contribution in [0, 0.1) is 18.3 Å². The number of amides is 1. The fraction of sp³-hybridized carbons (Fsp3) is 0.273. The highest BCUT2D eigenvalue weighted by atomic mass is 35.5. The molecule has 1 aromatic rings. The van der Waals surface area contributed by atoms with Gasteiger partial charge in [0.15, 0.2) is 0 Å². The summed E-state index contributed by atoms with van der Waals surface area (Å²) in [5, 5.41) is 0.475. The van der Waals surface area contributed by atoms with Gasteiger partial charge in [-0.2, -0.15) is 0 Å². The van der Waals surface area contributed by atoms with Gasteiger partial charge in [-0.05, 0) is 6.07 Å². The first kappa shape index (κ1) is 10.0. The summed E-state index contributed by atoms with van der Waals surface area (Å²) in [5.74, 6) is 2.60. The van der Waals surface area contributed by atoms with Gasteiger partial charge in [0.1, 0.15) is 0 Å². The minimum absolute atomic E-state index is 0.0123. The van der Waals surface area contributed by atoms with Crippen molar-refractivity contribution in [2.24, 2.45) is 5.92 Å². The fourth-order valence-electron chi connectivity index (χ4n) is 1.64. The molecule has 0 aromatic carbocycles. The number of nitrogens with zero attached hydrogens (tertiary/aromatic N) is 2. The molecular formula is C11H9ClN2O. The van der Waals surface area contributed by atoms with E-state index in [9.17, 15) is 4.79 Å². The molecule has 1 unspecified atom stereocenters. The van der Waals surface area contributed by atoms with Gasteiger partial charge in [-0.1, -0.05) is 11.6 Å². The molecule has 76 valence electrons. The summed E-state index contributed by atoms with van der Waals surface area (Å²) in [6.07, 6.45) is 8.83. The van der Waals surface area contributed by atoms with Crippen LogP contribution in [0.15, 0.2) is 18.5 Å². The molecule has 3 nitrogen and oxygen atoms in total. The molecule has 0 bridgehead atoms. The number of carbonyl (C=O) groups is 1. The third kappa shape index (κ3) is 1.81. The van der Waals surface area contributed by atoms with E-state index in [4.69, 9.17) is 18.0 Å². The summed E-state index contributed by atoms with van der Waals surface area (Å²) >= 11 is 5.95. The lowest BCUT2D eigenvalue weighted by Crippen LogP contribution is -2.24. The van der Waals surface area contributed by atoms with E-state index < -0.39 is 0 Å². The third-order valence-corrected chi connectivity index (χ3v) is 2.69. The second-order valence-corrected chi connectivity index (χ2v) is 3.81. The van der Waals surface area contributed by atoms with Crippen LogP contribution in [-0.2, 0) is 4.79 Å². The van der Waals surface area contributed by atoms with Crippen molar-refractivity contribution in [1.82, 2.24) is 4.98 Å². The van der Waals surface area contributed by atoms with E-state index in [-0.39, 0.29) is 11.8 Å². The maximum atomic E-state index is 11.6. The quantitative estimate of drug-likeness (QED) is 0.676. The minimum atomic E-state index is -0.0123. The second kappa shape index (κ2) is 3.92. The Morgan fingerprint density at radius 2 is 2.47 bits per heavy atom. The molecule has 1 aliphatic heterocycles. The van der Waals surface area contributed by atoms with Crippen molar-refractivity contribution < 1.29 is 4.79 Å². The number of halogens is 1. The lowest BCUT2D eigenvalue weighted by Gasteiger charge is -2.16. The van der Waals surface area contributed by atoms with E-state index in [1.54, 1.807) is 17.2 Å². The zero-order valence-corrected chi connectivity index (χ0v) is 8.74. The molecule has 0 spiro atoms. The molecule has 1 aliphatic rings. The van der Waals surface area contributed by atoms with Gasteiger partial charge in [0, 0.05) is 31.3 Å². The molecule has 1 fully saturated rings. The summed E-state index contributed by atoms with van der Waals surface area (Å²) in [4.78, 5) is 17.1. The lowest BCUT2D eigenvalue weighted by molar-refractivity contribution is -0.117. The largest absolute Gasteiger partial charge is 0.310 e. The Labute approximate surface area is 93.1 Å². The zero-order chi connectivity index (χ0) is 10.8. The average Bonchev–Trinajstić information content (AvgIpc) is 2.60. The van der Waals surface area contributed by atoms with Crippen molar-refractivity contribution in [3.8, 4) is 12.3 Å². The number of hydrogen-bond donors (Lipinski definition) is 0. The van der Waals surface area contributed by atoms with Gasteiger partial charge >= 0.3 is 0 Å². The summed E-state index contributed by atoms with van der Waals surface area (Å²) in [5.41, 5.74) is 0.689. The van der Waals surface area contributed by atoms with Crippen LogP contribution in [-0.4, -0.2) is 17.4 Å². The third-order valence-electron chi connectivity index (χ3n) is 2.40. The van der Waals surface area contributed by atoms with Gasteiger partial charge in [0.05, 0.1) is 10.7 Å². The second-order valence-electron chi connectivity index (χ2n) is 3.40. The first-order valence-electron chi connectivity index (χ1n) is 4.58. The van der Waals surface area contributed by atoms with Gasteiger partial charge < -0.3 is 4.90 Å². The average molecular weight is 221 g/mol. The van der Waals surface area contributed by atoms with Crippen molar-refractivity contribution in [3.05, 3.63) is 23.5 Å². The predicted octanol–water partition coefficient (Wildman–Crippen LogP) is 1.72. The molecule has 1 amide bonds. The monoisotopic (exact) mass is 220 g/mol. The first-order valence-corrected chi connectivity index (χ1v) is 4.96. The van der Waals surface area contributed by atoms with Crippen LogP contribution >= 0.6 is 11.6 Å². The number of pyridine rings is 1. The molecule has 1 aromatic heterocycles. The Hall–Kier alpha value is -1.53. The zero-order valence-electron chi connectivity index (χ0n) is 7.98. The summed E-state index contributed by atoms with van der Waals surface area (Å²) in [7, 11) is 0. The van der Waals surface area contributed by atoms with Crippen molar-refractivity contribution in [2.45, 2.75) is 6.42 Å². The van der Waals surface area contributed by atoms with E-state index in [0.717, 1.165) is 0 Å². The number of carbonyl (C=O) groups excluding carboxylic acids is 1. The topological polar surface area (TPSA) is 33.2 Å². The fourth-order valence-corrected chi connectivity index (χ4v) is 1.86. The Morgan fingerprint density at radius 3 is 3.07 bits per heavy atom. The molecule has 1 saturated heterocycles. The molecular weight excluding hydrogens is 212 g/mol. The van der Waals surface area contributed by atoms with Crippen molar-refractivity contribution in [3.63, 3.8) is 0 Å². The van der Waals surface area contributed by atoms with Crippen LogP contribution in [0.5, 0.6) is 0 Å². The molecule has 0 radical (unpaired) electrons. The van der Waals surface area contributed by atoms with Crippen LogP contribution in [0.2, 0.25) is 5.02 Å². The van der Waals surface area contributed by atoms with Gasteiger partial charge in [0.2, 0.25) is 5.91 Å². The summed E-state index contributed by atoms with van der Waals surface area (Å²) in [6, 6.07) is 1.72. The smallest absolute Gasteiger partial charge is 0.228 e. The van der Waals surface area contributed by atoms with E-state index in [1.165, 1.54) is 6.20 Å². The highest BCUT2D eigenvalue weighted by Crippen LogP contribution is 2.29. The van der Waals surface area contributed by atoms with Gasteiger partial charge in [0.25, 0.3) is 0 Å². The summed E-state index contributed by atoms with van der Waals surface area (Å²) < 4.78 is 0. The molecule has 0 aliphatic carbocycles. The standard InChI is InChI=1S/C11H9ClN2O/c1-2-8-5-11(15)14(7-8)10-3-4-13-6-9(10)12/h1,3-4,6,8H,5,7H2. The number of rotatable bonds is 1. The van der Waals surface area contributed by atoms with E-state index in [2.05, 4.69) is 10.9 Å². The van der Waals surface area contributed by atoms with Gasteiger partial charge in [-0.15, -0.1) is 12.3 Å². The Bertz CT molecular complexity index is 438. The molecule has 0 N–H and O–H groups in total. The van der Waals surface area contributed by atoms with Crippen LogP contribution < -0.4 is 4.90 Å². The normalized spacial score (nSPS) is 20.4. The molecule has 4 heteroatoms. The number of aromatic nitrogens is 1. The Morgan fingerprint density at radius 1 is 1.67 bits per heavy atom. The number of terminal acetylenes is 1.